The maximum Gasteiger partial charge on any atom is 0.148 e. The van der Waals surface area contributed by atoms with Gasteiger partial charge in [-0.15, -0.1) is 11.3 Å². The lowest BCUT2D eigenvalue weighted by atomic mass is 9.72. The van der Waals surface area contributed by atoms with E-state index in [1.54, 1.807) is 29.7 Å². The van der Waals surface area contributed by atoms with E-state index in [2.05, 4.69) is 58.7 Å². The maximum absolute atomic E-state index is 9.83. The summed E-state index contributed by atoms with van der Waals surface area (Å²) < 4.78 is 7.59. The van der Waals surface area contributed by atoms with Gasteiger partial charge >= 0.3 is 0 Å². The third-order valence-electron chi connectivity index (χ3n) is 6.32. The van der Waals surface area contributed by atoms with Crippen LogP contribution in [0, 0.1) is 22.7 Å². The molecule has 1 aliphatic carbocycles. The Hall–Kier alpha value is -1.36. The molecule has 1 aromatic heterocycles. The Morgan fingerprint density at radius 2 is 1.91 bits per heavy atom. The number of aliphatic imine (C=N–C) groups is 1. The zero-order chi connectivity index (χ0) is 25.3. The normalized spacial score (nSPS) is 15.8. The second-order valence-electron chi connectivity index (χ2n) is 9.70. The molecule has 0 saturated carbocycles. The Labute approximate surface area is 237 Å². The van der Waals surface area contributed by atoms with E-state index in [0.29, 0.717) is 28.3 Å². The molecule has 35 heavy (non-hydrogen) atoms. The van der Waals surface area contributed by atoms with Crippen LogP contribution in [-0.2, 0) is 19.4 Å². The molecule has 3 aromatic rings. The minimum Gasteiger partial charge on any atom is -0.486 e. The van der Waals surface area contributed by atoms with E-state index in [1.807, 2.05) is 18.2 Å². The number of rotatable bonds is 5. The van der Waals surface area contributed by atoms with Gasteiger partial charge in [0.05, 0.1) is 14.5 Å². The van der Waals surface area contributed by atoms with Crippen molar-refractivity contribution in [2.45, 2.75) is 46.6 Å². The third-order valence-corrected chi connectivity index (χ3v) is 9.25. The summed E-state index contributed by atoms with van der Waals surface area (Å²) in [6.45, 7) is 7.21. The van der Waals surface area contributed by atoms with Crippen LogP contribution in [0.25, 0.3) is 0 Å². The average Bonchev–Trinajstić information content (AvgIpc) is 3.14. The van der Waals surface area contributed by atoms with Gasteiger partial charge in [0, 0.05) is 26.7 Å². The molecule has 0 N–H and O–H groups in total. The van der Waals surface area contributed by atoms with Crippen molar-refractivity contribution in [3.8, 4) is 11.8 Å². The minimum atomic E-state index is 0.263. The molecule has 0 spiro atoms. The fourth-order valence-corrected chi connectivity index (χ4v) is 7.37. The Bertz CT molecular complexity index is 1320. The molecular formula is C27H24Br2Cl2N2OS. The summed E-state index contributed by atoms with van der Waals surface area (Å²) in [5.41, 5.74) is 3.92. The first-order chi connectivity index (χ1) is 16.6. The molecule has 0 fully saturated rings. The second-order valence-corrected chi connectivity index (χ2v) is 13.3. The first kappa shape index (κ1) is 26.7. The lowest BCUT2D eigenvalue weighted by Crippen LogP contribution is -2.26. The monoisotopic (exact) mass is 652 g/mol. The van der Waals surface area contributed by atoms with Gasteiger partial charge in [0.2, 0.25) is 0 Å². The third kappa shape index (κ3) is 6.14. The quantitative estimate of drug-likeness (QED) is 0.257. The number of hydrogen-bond donors (Lipinski definition) is 0. The van der Waals surface area contributed by atoms with Crippen LogP contribution in [0.2, 0.25) is 10.0 Å². The van der Waals surface area contributed by atoms with Gasteiger partial charge in [0.25, 0.3) is 0 Å². The van der Waals surface area contributed by atoms with Gasteiger partial charge in [-0.25, -0.2) is 4.99 Å². The molecule has 0 amide bonds. The van der Waals surface area contributed by atoms with Gasteiger partial charge in [-0.05, 0) is 97.8 Å². The SMILES string of the molecule is CC(C)(C)[C@H]1CCc2c(sc(N=Cc3cc(Br)c(OCc4ccc(Cl)cc4Cl)c(Br)c3)c2C#N)C1. The van der Waals surface area contributed by atoms with Gasteiger partial charge in [-0.2, -0.15) is 5.26 Å². The van der Waals surface area contributed by atoms with E-state index in [1.165, 1.54) is 10.4 Å². The fourth-order valence-electron chi connectivity index (χ4n) is 4.23. The molecule has 0 saturated heterocycles. The summed E-state index contributed by atoms with van der Waals surface area (Å²) in [7, 11) is 0. The highest BCUT2D eigenvalue weighted by Crippen LogP contribution is 2.45. The minimum absolute atomic E-state index is 0.263. The number of ether oxygens (including phenoxy) is 1. The number of halogens is 4. The van der Waals surface area contributed by atoms with Gasteiger partial charge < -0.3 is 4.74 Å². The summed E-state index contributed by atoms with van der Waals surface area (Å²) in [6.07, 6.45) is 4.89. The molecule has 1 heterocycles. The lowest BCUT2D eigenvalue weighted by molar-refractivity contribution is 0.218. The van der Waals surface area contributed by atoms with Crippen molar-refractivity contribution < 1.29 is 4.74 Å². The van der Waals surface area contributed by atoms with Crippen LogP contribution in [0.1, 0.15) is 54.3 Å². The molecule has 182 valence electrons. The summed E-state index contributed by atoms with van der Waals surface area (Å²) >= 11 is 21.1. The number of benzene rings is 2. The number of fused-ring (bicyclic) bond motifs is 1. The number of thiophene rings is 1. The summed E-state index contributed by atoms with van der Waals surface area (Å²) in [5, 5.41) is 11.8. The summed E-state index contributed by atoms with van der Waals surface area (Å²) in [5.74, 6) is 1.30. The smallest absolute Gasteiger partial charge is 0.148 e. The van der Waals surface area contributed by atoms with Gasteiger partial charge in [0.1, 0.15) is 23.4 Å². The maximum atomic E-state index is 9.83. The Morgan fingerprint density at radius 3 is 2.54 bits per heavy atom. The van der Waals surface area contributed by atoms with E-state index in [4.69, 9.17) is 32.9 Å². The molecule has 2 aromatic carbocycles. The van der Waals surface area contributed by atoms with Crippen LogP contribution in [0.4, 0.5) is 5.00 Å². The first-order valence-electron chi connectivity index (χ1n) is 11.2. The van der Waals surface area contributed by atoms with Crippen LogP contribution in [0.15, 0.2) is 44.3 Å². The second kappa shape index (κ2) is 10.9. The van der Waals surface area contributed by atoms with E-state index in [-0.39, 0.29) is 5.41 Å². The molecule has 1 atom stereocenters. The van der Waals surface area contributed by atoms with Gasteiger partial charge in [-0.1, -0.05) is 50.0 Å². The zero-order valence-corrected chi connectivity index (χ0v) is 25.1. The number of hydrogen-bond acceptors (Lipinski definition) is 4. The standard InChI is InChI=1S/C27H24Br2Cl2N2OS/c1-27(2,3)17-5-7-19-20(12-32)26(35-24(19)10-17)33-13-15-8-21(28)25(22(29)9-15)34-14-16-4-6-18(30)11-23(16)31/h4,6,8-9,11,13,17H,5,7,10,14H2,1-3H3/t17-/m0/s1. The predicted molar refractivity (Wildman–Crippen MR) is 154 cm³/mol. The molecule has 0 aliphatic heterocycles. The Balaban J connectivity index is 1.53. The van der Waals surface area contributed by atoms with Crippen LogP contribution >= 0.6 is 66.4 Å². The fraction of sp³-hybridized carbons (Fsp3) is 0.333. The molecule has 8 heteroatoms. The zero-order valence-electron chi connectivity index (χ0n) is 19.6. The van der Waals surface area contributed by atoms with E-state index < -0.39 is 0 Å². The molecule has 4 rings (SSSR count). The van der Waals surface area contributed by atoms with Crippen LogP contribution in [0.3, 0.4) is 0 Å². The van der Waals surface area contributed by atoms with Crippen molar-refractivity contribution >= 4 is 77.6 Å². The molecule has 0 unspecified atom stereocenters. The van der Waals surface area contributed by atoms with Crippen LogP contribution in [0.5, 0.6) is 5.75 Å². The lowest BCUT2D eigenvalue weighted by Gasteiger charge is -2.33. The molecule has 1 aliphatic rings. The molecule has 0 bridgehead atoms. The van der Waals surface area contributed by atoms with Crippen LogP contribution < -0.4 is 4.74 Å². The highest BCUT2D eigenvalue weighted by atomic mass is 79.9. The predicted octanol–water partition coefficient (Wildman–Crippen LogP) is 9.93. The van der Waals surface area contributed by atoms with Crippen LogP contribution in [-0.4, -0.2) is 6.21 Å². The summed E-state index contributed by atoms with van der Waals surface area (Å²) in [6, 6.07) is 11.6. The van der Waals surface area contributed by atoms with Crippen molar-refractivity contribution in [3.05, 3.63) is 76.5 Å². The molecule has 0 radical (unpaired) electrons. The van der Waals surface area contributed by atoms with Crippen molar-refractivity contribution in [2.75, 3.05) is 0 Å². The Kier molecular flexibility index (Phi) is 8.35. The first-order valence-corrected chi connectivity index (χ1v) is 14.4. The van der Waals surface area contributed by atoms with E-state index in [0.717, 1.165) is 49.9 Å². The van der Waals surface area contributed by atoms with Gasteiger partial charge in [-0.3, -0.25) is 0 Å². The molecular weight excluding hydrogens is 631 g/mol. The largest absolute Gasteiger partial charge is 0.486 e. The van der Waals surface area contributed by atoms with Gasteiger partial charge in [0.15, 0.2) is 0 Å². The average molecular weight is 655 g/mol. The number of nitrogens with zero attached hydrogens (tertiary/aromatic N) is 2. The molecule has 3 nitrogen and oxygen atoms in total. The van der Waals surface area contributed by atoms with E-state index in [9.17, 15) is 5.26 Å². The topological polar surface area (TPSA) is 45.4 Å². The van der Waals surface area contributed by atoms with Crippen molar-refractivity contribution in [2.24, 2.45) is 16.3 Å². The Morgan fingerprint density at radius 1 is 1.20 bits per heavy atom. The highest BCUT2D eigenvalue weighted by Gasteiger charge is 2.32. The highest BCUT2D eigenvalue weighted by molar-refractivity contribution is 9.11. The van der Waals surface area contributed by atoms with E-state index >= 15 is 0 Å². The number of nitriles is 1. The van der Waals surface area contributed by atoms with Crippen molar-refractivity contribution in [1.82, 2.24) is 0 Å². The van der Waals surface area contributed by atoms with Crippen molar-refractivity contribution in [3.63, 3.8) is 0 Å². The van der Waals surface area contributed by atoms with Crippen molar-refractivity contribution in [1.29, 1.82) is 5.26 Å². The summed E-state index contributed by atoms with van der Waals surface area (Å²) in [4.78, 5) is 6.04.